The third kappa shape index (κ3) is 3.52. The van der Waals surface area contributed by atoms with E-state index >= 15 is 0 Å². The highest BCUT2D eigenvalue weighted by molar-refractivity contribution is 5.93. The van der Waals surface area contributed by atoms with Gasteiger partial charge < -0.3 is 15.6 Å². The lowest BCUT2D eigenvalue weighted by molar-refractivity contribution is 0.299. The van der Waals surface area contributed by atoms with Gasteiger partial charge in [0.2, 0.25) is 0 Å². The number of benzene rings is 1. The molecule has 6 nitrogen and oxygen atoms in total. The maximum Gasteiger partial charge on any atom is 0.322 e. The molecule has 0 unspecified atom stereocenters. The first kappa shape index (κ1) is 14.0. The summed E-state index contributed by atoms with van der Waals surface area (Å²) in [6.07, 6.45) is 0.607. The molecule has 0 aliphatic rings. The molecule has 0 aliphatic carbocycles. The van der Waals surface area contributed by atoms with Crippen LogP contribution < -0.4 is 10.5 Å². The van der Waals surface area contributed by atoms with Crippen LogP contribution in [0.15, 0.2) is 30.3 Å². The minimum Gasteiger partial charge on any atom is -0.424 e. The maximum absolute atomic E-state index is 8.85. The lowest BCUT2D eigenvalue weighted by atomic mass is 10.1. The first-order valence-corrected chi connectivity index (χ1v) is 6.16. The van der Waals surface area contributed by atoms with E-state index < -0.39 is 0 Å². The fourth-order valence-corrected chi connectivity index (χ4v) is 1.68. The molecule has 20 heavy (non-hydrogen) atoms. The molecule has 0 fully saturated rings. The zero-order valence-corrected chi connectivity index (χ0v) is 11.1. The van der Waals surface area contributed by atoms with Crippen LogP contribution in [0.1, 0.15) is 17.0 Å². The number of nitrogen functional groups attached to an aromatic ring is 1. The van der Waals surface area contributed by atoms with E-state index in [9.17, 15) is 0 Å². The highest BCUT2D eigenvalue weighted by Gasteiger charge is 2.06. The van der Waals surface area contributed by atoms with E-state index in [4.69, 9.17) is 21.0 Å². The van der Waals surface area contributed by atoms with Gasteiger partial charge in [-0.05, 0) is 37.1 Å². The molecule has 0 aliphatic heterocycles. The monoisotopic (exact) mass is 272 g/mol. The predicted molar refractivity (Wildman–Crippen MR) is 75.1 cm³/mol. The number of rotatable bonds is 5. The van der Waals surface area contributed by atoms with Crippen molar-refractivity contribution in [3.8, 4) is 11.8 Å². The number of hydrogen-bond donors (Lipinski definition) is 3. The van der Waals surface area contributed by atoms with Crippen LogP contribution in [0, 0.1) is 12.3 Å². The Morgan fingerprint density at radius 1 is 1.30 bits per heavy atom. The molecular weight excluding hydrogens is 256 g/mol. The largest absolute Gasteiger partial charge is 0.424 e. The molecule has 2 rings (SSSR count). The predicted octanol–water partition coefficient (Wildman–Crippen LogP) is 1.40. The molecule has 0 bridgehead atoms. The molecule has 0 radical (unpaired) electrons. The van der Waals surface area contributed by atoms with E-state index in [1.807, 2.05) is 12.1 Å². The number of aromatic nitrogens is 2. The zero-order valence-electron chi connectivity index (χ0n) is 11.1. The minimum atomic E-state index is -0.126. The fraction of sp³-hybridized carbons (Fsp3) is 0.214. The fourth-order valence-electron chi connectivity index (χ4n) is 1.68. The average Bonchev–Trinajstić information content (AvgIpc) is 2.40. The Labute approximate surface area is 116 Å². The van der Waals surface area contributed by atoms with E-state index in [0.29, 0.717) is 23.6 Å². The summed E-state index contributed by atoms with van der Waals surface area (Å²) in [5, 5.41) is 16.2. The van der Waals surface area contributed by atoms with Crippen molar-refractivity contribution in [2.45, 2.75) is 13.3 Å². The van der Waals surface area contributed by atoms with Crippen LogP contribution in [0.25, 0.3) is 0 Å². The molecule has 1 aromatic carbocycles. The van der Waals surface area contributed by atoms with E-state index in [1.54, 1.807) is 25.1 Å². The zero-order chi connectivity index (χ0) is 14.5. The molecule has 2 aromatic rings. The Morgan fingerprint density at radius 2 is 2.00 bits per heavy atom. The Kier molecular flexibility index (Phi) is 4.27. The lowest BCUT2D eigenvalue weighted by Gasteiger charge is -2.07. The molecule has 104 valence electrons. The van der Waals surface area contributed by atoms with Gasteiger partial charge in [0.05, 0.1) is 0 Å². The number of aliphatic hydroxyl groups excluding tert-OH is 1. The van der Waals surface area contributed by atoms with Gasteiger partial charge in [-0.25, -0.2) is 4.98 Å². The minimum absolute atomic E-state index is 0.114. The first-order chi connectivity index (χ1) is 9.58. The highest BCUT2D eigenvalue weighted by Crippen LogP contribution is 2.19. The summed E-state index contributed by atoms with van der Waals surface area (Å²) >= 11 is 0. The van der Waals surface area contributed by atoms with Gasteiger partial charge in [0.15, 0.2) is 0 Å². The van der Waals surface area contributed by atoms with Crippen LogP contribution in [-0.2, 0) is 6.42 Å². The van der Waals surface area contributed by atoms with Crippen LogP contribution in [-0.4, -0.2) is 27.5 Å². The number of nitrogens with one attached hydrogen (secondary N) is 1. The van der Waals surface area contributed by atoms with Gasteiger partial charge in [0, 0.05) is 12.3 Å². The summed E-state index contributed by atoms with van der Waals surface area (Å²) in [4.78, 5) is 8.21. The summed E-state index contributed by atoms with van der Waals surface area (Å²) in [5.41, 5.74) is 7.45. The third-order valence-corrected chi connectivity index (χ3v) is 2.64. The van der Waals surface area contributed by atoms with E-state index in [2.05, 4.69) is 9.97 Å². The van der Waals surface area contributed by atoms with Gasteiger partial charge in [-0.1, -0.05) is 12.1 Å². The molecular formula is C14H16N4O2. The number of nitrogens with two attached hydrogens (primary N) is 1. The van der Waals surface area contributed by atoms with Crippen LogP contribution in [0.4, 0.5) is 0 Å². The number of aryl methyl sites for hydroxylation is 1. The summed E-state index contributed by atoms with van der Waals surface area (Å²) in [5.74, 6) is 0.463. The summed E-state index contributed by atoms with van der Waals surface area (Å²) < 4.78 is 5.55. The second-order valence-electron chi connectivity index (χ2n) is 4.31. The molecule has 0 spiro atoms. The van der Waals surface area contributed by atoms with Gasteiger partial charge in [-0.15, -0.1) is 0 Å². The first-order valence-electron chi connectivity index (χ1n) is 6.16. The van der Waals surface area contributed by atoms with Crippen molar-refractivity contribution in [2.24, 2.45) is 5.73 Å². The van der Waals surface area contributed by atoms with Crippen molar-refractivity contribution < 1.29 is 9.84 Å². The van der Waals surface area contributed by atoms with Gasteiger partial charge in [0.1, 0.15) is 17.3 Å². The van der Waals surface area contributed by atoms with Crippen molar-refractivity contribution in [3.63, 3.8) is 0 Å². The van der Waals surface area contributed by atoms with Crippen molar-refractivity contribution in [2.75, 3.05) is 6.61 Å². The summed E-state index contributed by atoms with van der Waals surface area (Å²) in [6.45, 7) is 1.90. The van der Waals surface area contributed by atoms with Gasteiger partial charge in [0.25, 0.3) is 0 Å². The Morgan fingerprint density at radius 3 is 2.60 bits per heavy atom. The van der Waals surface area contributed by atoms with Gasteiger partial charge in [-0.2, -0.15) is 4.98 Å². The molecule has 1 heterocycles. The maximum atomic E-state index is 8.85. The molecule has 0 saturated carbocycles. The third-order valence-electron chi connectivity index (χ3n) is 2.64. The molecule has 0 atom stereocenters. The normalized spacial score (nSPS) is 10.3. The molecule has 6 heteroatoms. The Hall–Kier alpha value is -2.47. The van der Waals surface area contributed by atoms with Gasteiger partial charge >= 0.3 is 6.01 Å². The standard InChI is InChI=1S/C14H16N4O2/c1-9-8-12(13(15)16)18-14(17-9)20-11-4-2-10(3-5-11)6-7-19/h2-5,8,19H,6-7H2,1H3,(H3,15,16). The lowest BCUT2D eigenvalue weighted by Crippen LogP contribution is -2.14. The van der Waals surface area contributed by atoms with Crippen LogP contribution in [0.2, 0.25) is 0 Å². The van der Waals surface area contributed by atoms with Crippen LogP contribution in [0.5, 0.6) is 11.8 Å². The molecule has 0 saturated heterocycles. The number of hydrogen-bond acceptors (Lipinski definition) is 5. The topological polar surface area (TPSA) is 105 Å². The van der Waals surface area contributed by atoms with Crippen molar-refractivity contribution in [1.82, 2.24) is 9.97 Å². The quantitative estimate of drug-likeness (QED) is 0.563. The number of ether oxygens (including phenoxy) is 1. The van der Waals surface area contributed by atoms with Gasteiger partial charge in [-0.3, -0.25) is 5.41 Å². The average molecular weight is 272 g/mol. The second-order valence-corrected chi connectivity index (χ2v) is 4.31. The Bertz CT molecular complexity index is 611. The van der Waals surface area contributed by atoms with Crippen molar-refractivity contribution in [1.29, 1.82) is 5.41 Å². The molecule has 0 amide bonds. The Balaban J connectivity index is 2.19. The van der Waals surface area contributed by atoms with E-state index in [1.165, 1.54) is 0 Å². The highest BCUT2D eigenvalue weighted by atomic mass is 16.5. The van der Waals surface area contributed by atoms with E-state index in [0.717, 1.165) is 5.56 Å². The van der Waals surface area contributed by atoms with Crippen LogP contribution in [0.3, 0.4) is 0 Å². The summed E-state index contributed by atoms with van der Waals surface area (Å²) in [6, 6.07) is 9.08. The number of nitrogens with zero attached hydrogens (tertiary/aromatic N) is 2. The number of aliphatic hydroxyl groups is 1. The van der Waals surface area contributed by atoms with Crippen molar-refractivity contribution >= 4 is 5.84 Å². The van der Waals surface area contributed by atoms with Crippen molar-refractivity contribution in [3.05, 3.63) is 47.3 Å². The second kappa shape index (κ2) is 6.12. The molecule has 4 N–H and O–H groups in total. The number of amidine groups is 1. The summed E-state index contributed by atoms with van der Waals surface area (Å²) in [7, 11) is 0. The molecule has 1 aromatic heterocycles. The van der Waals surface area contributed by atoms with E-state index in [-0.39, 0.29) is 18.5 Å². The smallest absolute Gasteiger partial charge is 0.322 e. The van der Waals surface area contributed by atoms with Crippen LogP contribution >= 0.6 is 0 Å². The SMILES string of the molecule is Cc1cc(C(=N)N)nc(Oc2ccc(CCO)cc2)n1.